The van der Waals surface area contributed by atoms with Crippen molar-refractivity contribution in [3.05, 3.63) is 17.5 Å². The minimum Gasteiger partial charge on any atom is -0.319 e. The Morgan fingerprint density at radius 3 is 2.79 bits per heavy atom. The molecule has 0 aliphatic heterocycles. The van der Waals surface area contributed by atoms with Gasteiger partial charge in [0.1, 0.15) is 0 Å². The highest BCUT2D eigenvalue weighted by atomic mass is 15.3. The molecule has 0 saturated heterocycles. The molecular weight excluding hydrogens is 174 g/mol. The third-order valence-corrected chi connectivity index (χ3v) is 2.54. The number of aryl methyl sites for hydroxylation is 3. The van der Waals surface area contributed by atoms with E-state index in [1.54, 1.807) is 0 Å². The average Bonchev–Trinajstić information content (AvgIpc) is 2.42. The zero-order valence-corrected chi connectivity index (χ0v) is 9.67. The second kappa shape index (κ2) is 5.15. The predicted octanol–water partition coefficient (Wildman–Crippen LogP) is 1.52. The summed E-state index contributed by atoms with van der Waals surface area (Å²) in [6.45, 7) is 5.41. The highest BCUT2D eigenvalue weighted by Gasteiger charge is 2.05. The van der Waals surface area contributed by atoms with Crippen LogP contribution in [0.3, 0.4) is 0 Å². The standard InChI is InChI=1S/C11H21N3/c1-9(8-12-3)5-6-11-7-10(2)13-14(11)4/h7,9,12H,5-6,8H2,1-4H3. The molecule has 0 bridgehead atoms. The van der Waals surface area contributed by atoms with Crippen LogP contribution in [0.4, 0.5) is 0 Å². The minimum atomic E-state index is 0.732. The lowest BCUT2D eigenvalue weighted by atomic mass is 10.0. The summed E-state index contributed by atoms with van der Waals surface area (Å²) in [5.74, 6) is 0.732. The highest BCUT2D eigenvalue weighted by Crippen LogP contribution is 2.09. The Morgan fingerprint density at radius 1 is 1.57 bits per heavy atom. The van der Waals surface area contributed by atoms with Gasteiger partial charge >= 0.3 is 0 Å². The normalized spacial score (nSPS) is 13.1. The van der Waals surface area contributed by atoms with Gasteiger partial charge in [-0.3, -0.25) is 4.68 Å². The van der Waals surface area contributed by atoms with Gasteiger partial charge in [0.05, 0.1) is 5.69 Å². The van der Waals surface area contributed by atoms with Crippen LogP contribution in [0.1, 0.15) is 24.7 Å². The van der Waals surface area contributed by atoms with E-state index < -0.39 is 0 Å². The van der Waals surface area contributed by atoms with Crippen molar-refractivity contribution < 1.29 is 0 Å². The van der Waals surface area contributed by atoms with Crippen molar-refractivity contribution in [3.8, 4) is 0 Å². The lowest BCUT2D eigenvalue weighted by molar-refractivity contribution is 0.495. The molecule has 0 aliphatic rings. The molecule has 0 aliphatic carbocycles. The van der Waals surface area contributed by atoms with E-state index in [0.717, 1.165) is 24.6 Å². The number of nitrogens with zero attached hydrogens (tertiary/aromatic N) is 2. The molecule has 0 aromatic carbocycles. The Morgan fingerprint density at radius 2 is 2.29 bits per heavy atom. The molecule has 14 heavy (non-hydrogen) atoms. The Balaban J connectivity index is 2.41. The number of rotatable bonds is 5. The summed E-state index contributed by atoms with van der Waals surface area (Å²) in [6.07, 6.45) is 2.35. The van der Waals surface area contributed by atoms with Gasteiger partial charge in [0.15, 0.2) is 0 Å². The van der Waals surface area contributed by atoms with Crippen molar-refractivity contribution in [1.82, 2.24) is 15.1 Å². The summed E-state index contributed by atoms with van der Waals surface area (Å²) >= 11 is 0. The van der Waals surface area contributed by atoms with E-state index in [-0.39, 0.29) is 0 Å². The van der Waals surface area contributed by atoms with Crippen LogP contribution >= 0.6 is 0 Å². The van der Waals surface area contributed by atoms with Crippen molar-refractivity contribution >= 4 is 0 Å². The molecule has 0 spiro atoms. The van der Waals surface area contributed by atoms with E-state index in [4.69, 9.17) is 0 Å². The molecule has 1 atom stereocenters. The van der Waals surface area contributed by atoms with Gasteiger partial charge in [-0.25, -0.2) is 0 Å². The van der Waals surface area contributed by atoms with E-state index in [0.29, 0.717) is 0 Å². The smallest absolute Gasteiger partial charge is 0.0596 e. The van der Waals surface area contributed by atoms with Gasteiger partial charge in [-0.05, 0) is 45.3 Å². The molecule has 3 heteroatoms. The summed E-state index contributed by atoms with van der Waals surface area (Å²) in [7, 11) is 4.02. The Hall–Kier alpha value is -0.830. The molecular formula is C11H21N3. The monoisotopic (exact) mass is 195 g/mol. The topological polar surface area (TPSA) is 29.9 Å². The van der Waals surface area contributed by atoms with Gasteiger partial charge in [0, 0.05) is 12.7 Å². The summed E-state index contributed by atoms with van der Waals surface area (Å²) in [5, 5.41) is 7.54. The molecule has 0 radical (unpaired) electrons. The van der Waals surface area contributed by atoms with Crippen molar-refractivity contribution in [2.24, 2.45) is 13.0 Å². The van der Waals surface area contributed by atoms with Crippen LogP contribution in [-0.2, 0) is 13.5 Å². The molecule has 0 saturated carbocycles. The molecule has 1 aromatic rings. The van der Waals surface area contributed by atoms with Crippen molar-refractivity contribution in [1.29, 1.82) is 0 Å². The lowest BCUT2D eigenvalue weighted by Gasteiger charge is -2.09. The van der Waals surface area contributed by atoms with Gasteiger partial charge in [-0.15, -0.1) is 0 Å². The van der Waals surface area contributed by atoms with E-state index in [9.17, 15) is 0 Å². The first-order valence-electron chi connectivity index (χ1n) is 5.27. The quantitative estimate of drug-likeness (QED) is 0.772. The molecule has 80 valence electrons. The van der Waals surface area contributed by atoms with Crippen LogP contribution in [0.25, 0.3) is 0 Å². The Bertz CT molecular complexity index is 278. The molecule has 1 unspecified atom stereocenters. The van der Waals surface area contributed by atoms with Crippen molar-refractivity contribution in [2.45, 2.75) is 26.7 Å². The molecule has 3 nitrogen and oxygen atoms in total. The van der Waals surface area contributed by atoms with Crippen LogP contribution in [-0.4, -0.2) is 23.4 Å². The fourth-order valence-electron chi connectivity index (χ4n) is 1.74. The van der Waals surface area contributed by atoms with Crippen molar-refractivity contribution in [2.75, 3.05) is 13.6 Å². The maximum Gasteiger partial charge on any atom is 0.0596 e. The van der Waals surface area contributed by atoms with Gasteiger partial charge in [0.25, 0.3) is 0 Å². The predicted molar refractivity (Wildman–Crippen MR) is 59.4 cm³/mol. The second-order valence-corrected chi connectivity index (χ2v) is 4.10. The summed E-state index contributed by atoms with van der Waals surface area (Å²) in [4.78, 5) is 0. The second-order valence-electron chi connectivity index (χ2n) is 4.10. The van der Waals surface area contributed by atoms with E-state index in [1.807, 2.05) is 25.7 Å². The van der Waals surface area contributed by atoms with Gasteiger partial charge in [-0.2, -0.15) is 5.10 Å². The molecule has 0 fully saturated rings. The van der Waals surface area contributed by atoms with E-state index >= 15 is 0 Å². The third kappa shape index (κ3) is 3.14. The molecule has 1 aromatic heterocycles. The molecule has 0 amide bonds. The molecule has 1 rings (SSSR count). The van der Waals surface area contributed by atoms with Gasteiger partial charge in [0.2, 0.25) is 0 Å². The Kier molecular flexibility index (Phi) is 4.14. The van der Waals surface area contributed by atoms with Crippen molar-refractivity contribution in [3.63, 3.8) is 0 Å². The van der Waals surface area contributed by atoms with Crippen LogP contribution in [0.5, 0.6) is 0 Å². The van der Waals surface area contributed by atoms with Crippen LogP contribution in [0, 0.1) is 12.8 Å². The van der Waals surface area contributed by atoms with Crippen LogP contribution < -0.4 is 5.32 Å². The summed E-state index contributed by atoms with van der Waals surface area (Å²) < 4.78 is 1.99. The SMILES string of the molecule is CNCC(C)CCc1cc(C)nn1C. The number of nitrogens with one attached hydrogen (secondary N) is 1. The zero-order chi connectivity index (χ0) is 10.6. The average molecular weight is 195 g/mol. The summed E-state index contributed by atoms with van der Waals surface area (Å²) in [5.41, 5.74) is 2.45. The number of aromatic nitrogens is 2. The zero-order valence-electron chi connectivity index (χ0n) is 9.67. The molecule has 1 heterocycles. The molecule has 1 N–H and O–H groups in total. The number of hydrogen-bond acceptors (Lipinski definition) is 2. The first-order chi connectivity index (χ1) is 6.63. The maximum atomic E-state index is 4.34. The van der Waals surface area contributed by atoms with E-state index in [2.05, 4.69) is 23.4 Å². The summed E-state index contributed by atoms with van der Waals surface area (Å²) in [6, 6.07) is 2.17. The van der Waals surface area contributed by atoms with Crippen LogP contribution in [0.15, 0.2) is 6.07 Å². The maximum absolute atomic E-state index is 4.34. The highest BCUT2D eigenvalue weighted by molar-refractivity contribution is 5.08. The fraction of sp³-hybridized carbons (Fsp3) is 0.727. The lowest BCUT2D eigenvalue weighted by Crippen LogP contribution is -2.17. The first kappa shape index (κ1) is 11.2. The number of hydrogen-bond donors (Lipinski definition) is 1. The third-order valence-electron chi connectivity index (χ3n) is 2.54. The van der Waals surface area contributed by atoms with Crippen LogP contribution in [0.2, 0.25) is 0 Å². The Labute approximate surface area is 86.5 Å². The fourth-order valence-corrected chi connectivity index (χ4v) is 1.74. The van der Waals surface area contributed by atoms with Gasteiger partial charge < -0.3 is 5.32 Å². The van der Waals surface area contributed by atoms with E-state index in [1.165, 1.54) is 12.1 Å². The largest absolute Gasteiger partial charge is 0.319 e. The minimum absolute atomic E-state index is 0.732. The first-order valence-corrected chi connectivity index (χ1v) is 5.27. The van der Waals surface area contributed by atoms with Gasteiger partial charge in [-0.1, -0.05) is 6.92 Å².